The van der Waals surface area contributed by atoms with E-state index in [-0.39, 0.29) is 0 Å². The number of nitrogens with zero attached hydrogens (tertiary/aromatic N) is 1. The minimum atomic E-state index is -1.13. The van der Waals surface area contributed by atoms with E-state index < -0.39 is 8.07 Å². The van der Waals surface area contributed by atoms with Crippen molar-refractivity contribution in [3.63, 3.8) is 0 Å². The summed E-state index contributed by atoms with van der Waals surface area (Å²) in [7, 11) is 1.06. The number of rotatable bonds is 6. The van der Waals surface area contributed by atoms with Crippen LogP contribution in [0.3, 0.4) is 0 Å². The Balaban J connectivity index is 2.56. The van der Waals surface area contributed by atoms with Gasteiger partial charge in [0.2, 0.25) is 0 Å². The molecular formula is C14H25NSSi. The highest BCUT2D eigenvalue weighted by Gasteiger charge is 2.15. The minimum absolute atomic E-state index is 1.06. The molecule has 1 aromatic rings. The fourth-order valence-electron chi connectivity index (χ4n) is 1.75. The summed E-state index contributed by atoms with van der Waals surface area (Å²) >= 11 is 1.91. The standard InChI is InChI=1S/C14H25NSSi/c1-15(10-11-16-2)12-13-6-8-14(9-7-13)17(3,4)5/h6-9H,10-12H2,1-5H3. The second-order valence-electron chi connectivity index (χ2n) is 5.68. The largest absolute Gasteiger partial charge is 0.301 e. The highest BCUT2D eigenvalue weighted by molar-refractivity contribution is 7.98. The molecule has 0 aliphatic heterocycles. The molecule has 0 bridgehead atoms. The van der Waals surface area contributed by atoms with E-state index in [1.165, 1.54) is 11.3 Å². The van der Waals surface area contributed by atoms with Crippen molar-refractivity contribution in [3.8, 4) is 0 Å². The van der Waals surface area contributed by atoms with E-state index in [1.54, 1.807) is 5.19 Å². The van der Waals surface area contributed by atoms with Crippen molar-refractivity contribution in [1.29, 1.82) is 0 Å². The molecule has 0 radical (unpaired) electrons. The number of benzene rings is 1. The summed E-state index contributed by atoms with van der Waals surface area (Å²) in [6, 6.07) is 9.24. The first-order valence-electron chi connectivity index (χ1n) is 6.20. The first-order valence-corrected chi connectivity index (χ1v) is 11.1. The first-order chi connectivity index (χ1) is 7.93. The van der Waals surface area contributed by atoms with Crippen LogP contribution in [0.5, 0.6) is 0 Å². The zero-order valence-corrected chi connectivity index (χ0v) is 13.6. The third-order valence-electron chi connectivity index (χ3n) is 2.95. The molecule has 0 atom stereocenters. The van der Waals surface area contributed by atoms with Gasteiger partial charge < -0.3 is 4.90 Å². The number of thioether (sulfide) groups is 1. The molecule has 0 N–H and O–H groups in total. The quantitative estimate of drug-likeness (QED) is 0.729. The summed E-state index contributed by atoms with van der Waals surface area (Å²) in [5.74, 6) is 1.21. The van der Waals surface area contributed by atoms with Gasteiger partial charge in [-0.25, -0.2) is 0 Å². The van der Waals surface area contributed by atoms with E-state index in [1.807, 2.05) is 11.8 Å². The maximum atomic E-state index is 2.40. The molecule has 0 fully saturated rings. The first kappa shape index (κ1) is 14.8. The minimum Gasteiger partial charge on any atom is -0.301 e. The zero-order chi connectivity index (χ0) is 12.9. The fraction of sp³-hybridized carbons (Fsp3) is 0.571. The zero-order valence-electron chi connectivity index (χ0n) is 11.8. The molecule has 0 saturated heterocycles. The second-order valence-corrected chi connectivity index (χ2v) is 11.7. The van der Waals surface area contributed by atoms with Crippen molar-refractivity contribution in [2.24, 2.45) is 0 Å². The van der Waals surface area contributed by atoms with Gasteiger partial charge in [-0.15, -0.1) is 0 Å². The Morgan fingerprint density at radius 2 is 1.71 bits per heavy atom. The Hall–Kier alpha value is -0.253. The summed E-state index contributed by atoms with van der Waals surface area (Å²) in [4.78, 5) is 2.39. The van der Waals surface area contributed by atoms with Gasteiger partial charge in [-0.3, -0.25) is 0 Å². The van der Waals surface area contributed by atoms with E-state index in [0.29, 0.717) is 0 Å². The van der Waals surface area contributed by atoms with E-state index in [4.69, 9.17) is 0 Å². The summed E-state index contributed by atoms with van der Waals surface area (Å²) in [5, 5.41) is 1.55. The van der Waals surface area contributed by atoms with Crippen LogP contribution in [0.1, 0.15) is 5.56 Å². The molecule has 1 aromatic carbocycles. The summed E-state index contributed by atoms with van der Waals surface area (Å²) in [6.07, 6.45) is 2.16. The second kappa shape index (κ2) is 6.62. The molecule has 0 aromatic heterocycles. The van der Waals surface area contributed by atoms with Gasteiger partial charge in [0, 0.05) is 18.8 Å². The SMILES string of the molecule is CSCCN(C)Cc1ccc([Si](C)(C)C)cc1. The number of hydrogen-bond acceptors (Lipinski definition) is 2. The van der Waals surface area contributed by atoms with Crippen LogP contribution in [0.4, 0.5) is 0 Å². The lowest BCUT2D eigenvalue weighted by Crippen LogP contribution is -2.37. The Morgan fingerprint density at radius 3 is 2.18 bits per heavy atom. The van der Waals surface area contributed by atoms with Crippen molar-refractivity contribution in [2.75, 3.05) is 25.6 Å². The van der Waals surface area contributed by atoms with Gasteiger partial charge in [0.05, 0.1) is 8.07 Å². The van der Waals surface area contributed by atoms with Gasteiger partial charge in [0.25, 0.3) is 0 Å². The van der Waals surface area contributed by atoms with Gasteiger partial charge in [0.1, 0.15) is 0 Å². The van der Waals surface area contributed by atoms with Gasteiger partial charge in [-0.1, -0.05) is 49.1 Å². The van der Waals surface area contributed by atoms with E-state index in [9.17, 15) is 0 Å². The van der Waals surface area contributed by atoms with Gasteiger partial charge >= 0.3 is 0 Å². The van der Waals surface area contributed by atoms with Gasteiger partial charge in [-0.2, -0.15) is 11.8 Å². The molecule has 0 aliphatic carbocycles. The molecular weight excluding hydrogens is 242 g/mol. The summed E-state index contributed by atoms with van der Waals surface area (Å²) in [5.41, 5.74) is 1.43. The number of hydrogen-bond donors (Lipinski definition) is 0. The van der Waals surface area contributed by atoms with Gasteiger partial charge in [0.15, 0.2) is 0 Å². The van der Waals surface area contributed by atoms with Gasteiger partial charge in [-0.05, 0) is 18.9 Å². The molecule has 1 nitrogen and oxygen atoms in total. The summed E-state index contributed by atoms with van der Waals surface area (Å²) in [6.45, 7) is 9.41. The molecule has 3 heteroatoms. The molecule has 17 heavy (non-hydrogen) atoms. The van der Waals surface area contributed by atoms with Crippen LogP contribution in [0.15, 0.2) is 24.3 Å². The van der Waals surface area contributed by atoms with Crippen LogP contribution in [-0.2, 0) is 6.54 Å². The van der Waals surface area contributed by atoms with Crippen molar-refractivity contribution in [3.05, 3.63) is 29.8 Å². The Labute approximate surface area is 112 Å². The predicted molar refractivity (Wildman–Crippen MR) is 84.1 cm³/mol. The van der Waals surface area contributed by atoms with Crippen LogP contribution in [0.2, 0.25) is 19.6 Å². The lowest BCUT2D eigenvalue weighted by atomic mass is 10.2. The highest BCUT2D eigenvalue weighted by atomic mass is 32.2. The molecule has 0 heterocycles. The fourth-order valence-corrected chi connectivity index (χ4v) is 3.41. The molecule has 96 valence electrons. The van der Waals surface area contributed by atoms with Crippen LogP contribution in [0, 0.1) is 0 Å². The average molecular weight is 268 g/mol. The highest BCUT2D eigenvalue weighted by Crippen LogP contribution is 2.07. The monoisotopic (exact) mass is 267 g/mol. The van der Waals surface area contributed by atoms with Crippen LogP contribution in [0.25, 0.3) is 0 Å². The molecule has 1 rings (SSSR count). The Kier molecular flexibility index (Phi) is 5.76. The molecule has 0 unspecified atom stereocenters. The van der Waals surface area contributed by atoms with Crippen LogP contribution < -0.4 is 5.19 Å². The molecule has 0 aliphatic rings. The van der Waals surface area contributed by atoms with E-state index >= 15 is 0 Å². The summed E-state index contributed by atoms with van der Waals surface area (Å²) < 4.78 is 0. The third-order valence-corrected chi connectivity index (χ3v) is 5.61. The normalized spacial score (nSPS) is 12.1. The van der Waals surface area contributed by atoms with Crippen molar-refractivity contribution < 1.29 is 0 Å². The van der Waals surface area contributed by atoms with E-state index in [0.717, 1.165) is 13.1 Å². The molecule has 0 amide bonds. The smallest absolute Gasteiger partial charge is 0.0775 e. The molecule has 0 spiro atoms. The maximum Gasteiger partial charge on any atom is 0.0775 e. The third kappa shape index (κ3) is 5.28. The van der Waals surface area contributed by atoms with E-state index in [2.05, 4.69) is 62.1 Å². The average Bonchev–Trinajstić information content (AvgIpc) is 2.26. The van der Waals surface area contributed by atoms with Crippen molar-refractivity contribution >= 4 is 25.0 Å². The maximum absolute atomic E-state index is 2.40. The van der Waals surface area contributed by atoms with Crippen molar-refractivity contribution in [1.82, 2.24) is 4.90 Å². The molecule has 0 saturated carbocycles. The topological polar surface area (TPSA) is 3.24 Å². The van der Waals surface area contributed by atoms with Crippen LogP contribution in [-0.4, -0.2) is 38.6 Å². The predicted octanol–water partition coefficient (Wildman–Crippen LogP) is 3.03. The van der Waals surface area contributed by atoms with Crippen molar-refractivity contribution in [2.45, 2.75) is 26.2 Å². The van der Waals surface area contributed by atoms with Crippen LogP contribution >= 0.6 is 11.8 Å². The Bertz CT molecular complexity index is 329. The Morgan fingerprint density at radius 1 is 1.12 bits per heavy atom. The lowest BCUT2D eigenvalue weighted by molar-refractivity contribution is 0.349. The lowest BCUT2D eigenvalue weighted by Gasteiger charge is -2.19.